The van der Waals surface area contributed by atoms with Gasteiger partial charge in [-0.15, -0.1) is 0 Å². The van der Waals surface area contributed by atoms with Gasteiger partial charge >= 0.3 is 0 Å². The fourth-order valence-corrected chi connectivity index (χ4v) is 1.94. The molecular formula is C17H18ClN3O2. The van der Waals surface area contributed by atoms with E-state index < -0.39 is 6.04 Å². The first-order chi connectivity index (χ1) is 11.1. The number of ether oxygens (including phenoxy) is 1. The maximum absolute atomic E-state index is 12.0. The number of rotatable bonds is 6. The van der Waals surface area contributed by atoms with E-state index in [1.54, 1.807) is 32.4 Å². The average Bonchev–Trinajstić information content (AvgIpc) is 2.57. The average molecular weight is 332 g/mol. The number of hydrogen-bond acceptors (Lipinski definition) is 4. The van der Waals surface area contributed by atoms with Gasteiger partial charge in [0.15, 0.2) is 0 Å². The normalized spacial score (nSPS) is 12.0. The van der Waals surface area contributed by atoms with Crippen molar-refractivity contribution in [3.8, 4) is 5.75 Å². The topological polar surface area (TPSA) is 62.7 Å². The molecule has 0 fully saturated rings. The van der Waals surface area contributed by atoms with Crippen molar-refractivity contribution in [3.63, 3.8) is 0 Å². The number of benzene rings is 2. The predicted molar refractivity (Wildman–Crippen MR) is 93.3 cm³/mol. The van der Waals surface area contributed by atoms with Gasteiger partial charge in [-0.3, -0.25) is 4.79 Å². The summed E-state index contributed by atoms with van der Waals surface area (Å²) in [5.41, 5.74) is 4.18. The van der Waals surface area contributed by atoms with Gasteiger partial charge < -0.3 is 10.1 Å². The Kier molecular flexibility index (Phi) is 6.00. The van der Waals surface area contributed by atoms with Crippen LogP contribution in [0.25, 0.3) is 0 Å². The summed E-state index contributed by atoms with van der Waals surface area (Å²) in [5, 5.41) is 7.68. The van der Waals surface area contributed by atoms with E-state index in [-0.39, 0.29) is 5.91 Å². The Morgan fingerprint density at radius 3 is 2.43 bits per heavy atom. The Balaban J connectivity index is 1.85. The van der Waals surface area contributed by atoms with Crippen molar-refractivity contribution in [1.82, 2.24) is 5.43 Å². The minimum Gasteiger partial charge on any atom is -0.497 e. The van der Waals surface area contributed by atoms with Crippen LogP contribution in [-0.4, -0.2) is 25.3 Å². The van der Waals surface area contributed by atoms with Gasteiger partial charge in [0, 0.05) is 10.7 Å². The van der Waals surface area contributed by atoms with Gasteiger partial charge in [0.25, 0.3) is 5.91 Å². The summed E-state index contributed by atoms with van der Waals surface area (Å²) in [5.74, 6) is 0.534. The zero-order chi connectivity index (χ0) is 16.7. The van der Waals surface area contributed by atoms with E-state index >= 15 is 0 Å². The van der Waals surface area contributed by atoms with Crippen molar-refractivity contribution in [2.75, 3.05) is 12.4 Å². The molecule has 0 spiro atoms. The highest BCUT2D eigenvalue weighted by Gasteiger charge is 2.11. The zero-order valence-corrected chi connectivity index (χ0v) is 13.7. The molecule has 23 heavy (non-hydrogen) atoms. The van der Waals surface area contributed by atoms with Crippen LogP contribution in [0.2, 0.25) is 5.02 Å². The fourth-order valence-electron chi connectivity index (χ4n) is 1.82. The molecule has 6 heteroatoms. The highest BCUT2D eigenvalue weighted by molar-refractivity contribution is 6.30. The number of carbonyl (C=O) groups excluding carboxylic acids is 1. The van der Waals surface area contributed by atoms with Crippen molar-refractivity contribution in [2.24, 2.45) is 5.10 Å². The molecule has 1 atom stereocenters. The molecule has 2 aromatic rings. The SMILES string of the molecule is COc1ccc(N[C@H](C)C(=O)N/N=C\c2ccc(Cl)cc2)cc1. The predicted octanol–water partition coefficient (Wildman–Crippen LogP) is 3.30. The standard InChI is InChI=1S/C17H18ClN3O2/c1-12(20-15-7-9-16(23-2)10-8-15)17(22)21-19-11-13-3-5-14(18)6-4-13/h3-12,20H,1-2H3,(H,21,22)/b19-11-/t12-/m1/s1. The van der Waals surface area contributed by atoms with Gasteiger partial charge in [-0.2, -0.15) is 5.10 Å². The van der Waals surface area contributed by atoms with Crippen molar-refractivity contribution >= 4 is 29.4 Å². The first-order valence-electron chi connectivity index (χ1n) is 7.07. The molecule has 0 unspecified atom stereocenters. The van der Waals surface area contributed by atoms with E-state index in [4.69, 9.17) is 16.3 Å². The van der Waals surface area contributed by atoms with Crippen LogP contribution < -0.4 is 15.5 Å². The largest absolute Gasteiger partial charge is 0.497 e. The second-order valence-electron chi connectivity index (χ2n) is 4.88. The third-order valence-electron chi connectivity index (χ3n) is 3.12. The second-order valence-corrected chi connectivity index (χ2v) is 5.32. The van der Waals surface area contributed by atoms with Crippen LogP contribution in [-0.2, 0) is 4.79 Å². The number of anilines is 1. The summed E-state index contributed by atoms with van der Waals surface area (Å²) in [6, 6.07) is 14.1. The molecule has 0 saturated heterocycles. The molecule has 0 aliphatic heterocycles. The van der Waals surface area contributed by atoms with Crippen molar-refractivity contribution in [1.29, 1.82) is 0 Å². The Hall–Kier alpha value is -2.53. The summed E-state index contributed by atoms with van der Waals surface area (Å²) >= 11 is 5.80. The lowest BCUT2D eigenvalue weighted by Crippen LogP contribution is -2.34. The number of hydrazone groups is 1. The molecule has 2 N–H and O–H groups in total. The molecular weight excluding hydrogens is 314 g/mol. The molecule has 1 amide bonds. The van der Waals surface area contributed by atoms with Crippen LogP contribution in [0.15, 0.2) is 53.6 Å². The Morgan fingerprint density at radius 2 is 1.83 bits per heavy atom. The van der Waals surface area contributed by atoms with Crippen molar-refractivity contribution < 1.29 is 9.53 Å². The first-order valence-corrected chi connectivity index (χ1v) is 7.45. The van der Waals surface area contributed by atoms with Gasteiger partial charge in [0.1, 0.15) is 11.8 Å². The molecule has 0 bridgehead atoms. The van der Waals surface area contributed by atoms with E-state index in [0.29, 0.717) is 5.02 Å². The maximum Gasteiger partial charge on any atom is 0.262 e. The lowest BCUT2D eigenvalue weighted by molar-refractivity contribution is -0.121. The quantitative estimate of drug-likeness (QED) is 0.630. The number of methoxy groups -OCH3 is 1. The molecule has 0 saturated carbocycles. The summed E-state index contributed by atoms with van der Waals surface area (Å²) in [6.45, 7) is 1.76. The van der Waals surface area contributed by atoms with Crippen molar-refractivity contribution in [2.45, 2.75) is 13.0 Å². The van der Waals surface area contributed by atoms with Crippen LogP contribution in [0.5, 0.6) is 5.75 Å². The third kappa shape index (κ3) is 5.30. The van der Waals surface area contributed by atoms with Gasteiger partial charge in [0.2, 0.25) is 0 Å². The monoisotopic (exact) mass is 331 g/mol. The van der Waals surface area contributed by atoms with Gasteiger partial charge in [0.05, 0.1) is 13.3 Å². The molecule has 0 aliphatic carbocycles. The lowest BCUT2D eigenvalue weighted by atomic mass is 10.2. The van der Waals surface area contributed by atoms with E-state index in [2.05, 4.69) is 15.8 Å². The summed E-state index contributed by atoms with van der Waals surface area (Å²) < 4.78 is 5.09. The smallest absolute Gasteiger partial charge is 0.262 e. The summed E-state index contributed by atoms with van der Waals surface area (Å²) in [7, 11) is 1.61. The number of hydrogen-bond donors (Lipinski definition) is 2. The van der Waals surface area contributed by atoms with Crippen molar-refractivity contribution in [3.05, 3.63) is 59.1 Å². The molecule has 0 radical (unpaired) electrons. The first kappa shape index (κ1) is 16.8. The summed E-state index contributed by atoms with van der Waals surface area (Å²) in [4.78, 5) is 12.0. The number of nitrogens with zero attached hydrogens (tertiary/aromatic N) is 1. The van der Waals surface area contributed by atoms with Gasteiger partial charge in [-0.05, 0) is 48.9 Å². The van der Waals surface area contributed by atoms with Crippen LogP contribution >= 0.6 is 11.6 Å². The minimum absolute atomic E-state index is 0.231. The Labute approximate surface area is 140 Å². The number of amides is 1. The molecule has 2 rings (SSSR count). The van der Waals surface area contributed by atoms with E-state index in [1.807, 2.05) is 36.4 Å². The Bertz CT molecular complexity index is 669. The highest BCUT2D eigenvalue weighted by atomic mass is 35.5. The second kappa shape index (κ2) is 8.19. The number of nitrogens with one attached hydrogen (secondary N) is 2. The third-order valence-corrected chi connectivity index (χ3v) is 3.38. The molecule has 120 valence electrons. The van der Waals surface area contributed by atoms with Crippen LogP contribution in [0.4, 0.5) is 5.69 Å². The Morgan fingerprint density at radius 1 is 1.17 bits per heavy atom. The van der Waals surface area contributed by atoms with Crippen LogP contribution in [0.1, 0.15) is 12.5 Å². The van der Waals surface area contributed by atoms with Gasteiger partial charge in [-0.25, -0.2) is 5.43 Å². The van der Waals surface area contributed by atoms with E-state index in [1.165, 1.54) is 0 Å². The van der Waals surface area contributed by atoms with E-state index in [9.17, 15) is 4.79 Å². The number of halogens is 1. The molecule has 0 aromatic heterocycles. The van der Waals surface area contributed by atoms with E-state index in [0.717, 1.165) is 17.0 Å². The zero-order valence-electron chi connectivity index (χ0n) is 12.9. The molecule has 0 heterocycles. The maximum atomic E-state index is 12.0. The lowest BCUT2D eigenvalue weighted by Gasteiger charge is -2.13. The number of carbonyl (C=O) groups is 1. The molecule has 0 aliphatic rings. The van der Waals surface area contributed by atoms with Gasteiger partial charge in [-0.1, -0.05) is 23.7 Å². The minimum atomic E-state index is -0.425. The molecule has 5 nitrogen and oxygen atoms in total. The fraction of sp³-hybridized carbons (Fsp3) is 0.176. The summed E-state index contributed by atoms with van der Waals surface area (Å²) in [6.07, 6.45) is 1.56. The highest BCUT2D eigenvalue weighted by Crippen LogP contribution is 2.15. The van der Waals surface area contributed by atoms with Crippen LogP contribution in [0.3, 0.4) is 0 Å². The van der Waals surface area contributed by atoms with Crippen LogP contribution in [0, 0.1) is 0 Å². The molecule has 2 aromatic carbocycles.